The molecule has 6 heteroatoms. The lowest BCUT2D eigenvalue weighted by molar-refractivity contribution is 0.0707. The number of rotatable bonds is 4. The summed E-state index contributed by atoms with van der Waals surface area (Å²) in [5, 5.41) is 9.60. The maximum absolute atomic E-state index is 9.60. The number of fused-ring (bicyclic) bond motifs is 1. The molecule has 6 nitrogen and oxygen atoms in total. The van der Waals surface area contributed by atoms with Gasteiger partial charge in [0.05, 0.1) is 17.6 Å². The number of aromatic nitrogens is 3. The maximum atomic E-state index is 9.60. The number of nitrogens with zero attached hydrogens (tertiary/aromatic N) is 6. The molecule has 1 aliphatic rings. The predicted octanol–water partition coefficient (Wildman–Crippen LogP) is 2.25. The summed E-state index contributed by atoms with van der Waals surface area (Å²) in [6.45, 7) is 7.01. The summed E-state index contributed by atoms with van der Waals surface area (Å²) in [6, 6.07) is 8.85. The molecule has 0 unspecified atom stereocenters. The number of imidazole rings is 1. The molecule has 0 N–H and O–H groups in total. The molecule has 4 heterocycles. The van der Waals surface area contributed by atoms with Gasteiger partial charge in [-0.3, -0.25) is 9.80 Å². The molecule has 0 aliphatic carbocycles. The topological polar surface area (TPSA) is 52.5 Å². The van der Waals surface area contributed by atoms with Gasteiger partial charge in [-0.15, -0.1) is 0 Å². The van der Waals surface area contributed by atoms with E-state index in [1.54, 1.807) is 0 Å². The van der Waals surface area contributed by atoms with Crippen LogP contribution in [-0.4, -0.2) is 49.4 Å². The van der Waals surface area contributed by atoms with Gasteiger partial charge < -0.3 is 8.97 Å². The van der Waals surface area contributed by atoms with Crippen molar-refractivity contribution < 1.29 is 0 Å². The standard InChI is InChI=1S/C20H24N6/c1-16-12-24(9-10-25(16)15-20-22-6-8-23(20)2)13-17-14-26-7-4-3-5-19(26)18(17)11-21/h3-8,14,16H,9-10,12-13,15H2,1-2H3/t16-/m0/s1. The molecular formula is C20H24N6. The second kappa shape index (κ2) is 6.94. The first-order chi connectivity index (χ1) is 12.7. The van der Waals surface area contributed by atoms with Gasteiger partial charge in [-0.2, -0.15) is 5.26 Å². The fourth-order valence-electron chi connectivity index (χ4n) is 3.85. The summed E-state index contributed by atoms with van der Waals surface area (Å²) >= 11 is 0. The Hall–Kier alpha value is -2.62. The Kier molecular flexibility index (Phi) is 4.49. The summed E-state index contributed by atoms with van der Waals surface area (Å²) in [4.78, 5) is 9.39. The molecule has 3 aromatic rings. The number of nitriles is 1. The lowest BCUT2D eigenvalue weighted by atomic mass is 10.1. The van der Waals surface area contributed by atoms with Crippen LogP contribution in [0.25, 0.3) is 5.52 Å². The lowest BCUT2D eigenvalue weighted by Gasteiger charge is -2.39. The van der Waals surface area contributed by atoms with E-state index in [-0.39, 0.29) is 0 Å². The van der Waals surface area contributed by atoms with Crippen LogP contribution in [0.3, 0.4) is 0 Å². The highest BCUT2D eigenvalue weighted by molar-refractivity contribution is 5.65. The third-order valence-electron chi connectivity index (χ3n) is 5.38. The zero-order valence-corrected chi connectivity index (χ0v) is 15.3. The van der Waals surface area contributed by atoms with Crippen LogP contribution in [0.4, 0.5) is 0 Å². The van der Waals surface area contributed by atoms with E-state index in [0.29, 0.717) is 6.04 Å². The van der Waals surface area contributed by atoms with Gasteiger partial charge in [0.2, 0.25) is 0 Å². The molecule has 4 rings (SSSR count). The predicted molar refractivity (Wildman–Crippen MR) is 100 cm³/mol. The molecule has 26 heavy (non-hydrogen) atoms. The summed E-state index contributed by atoms with van der Waals surface area (Å²) in [6.07, 6.45) is 7.96. The Bertz CT molecular complexity index is 947. The van der Waals surface area contributed by atoms with Crippen molar-refractivity contribution in [2.24, 2.45) is 7.05 Å². The maximum Gasteiger partial charge on any atom is 0.122 e. The number of pyridine rings is 1. The van der Waals surface area contributed by atoms with Gasteiger partial charge in [0, 0.05) is 69.6 Å². The van der Waals surface area contributed by atoms with Gasteiger partial charge in [-0.1, -0.05) is 6.07 Å². The van der Waals surface area contributed by atoms with Gasteiger partial charge in [-0.25, -0.2) is 4.98 Å². The molecule has 1 aliphatic heterocycles. The van der Waals surface area contributed by atoms with E-state index in [2.05, 4.69) is 42.9 Å². The Morgan fingerprint density at radius 3 is 2.85 bits per heavy atom. The van der Waals surface area contributed by atoms with E-state index in [9.17, 15) is 5.26 Å². The zero-order chi connectivity index (χ0) is 18.1. The summed E-state index contributed by atoms with van der Waals surface area (Å²) < 4.78 is 4.14. The van der Waals surface area contributed by atoms with Crippen LogP contribution in [-0.2, 0) is 20.1 Å². The van der Waals surface area contributed by atoms with Crippen LogP contribution >= 0.6 is 0 Å². The SMILES string of the molecule is C[C@H]1CN(Cc2cn3ccccc3c2C#N)CCN1Cc1nccn1C. The minimum Gasteiger partial charge on any atom is -0.337 e. The molecule has 0 aromatic carbocycles. The van der Waals surface area contributed by atoms with Gasteiger partial charge >= 0.3 is 0 Å². The van der Waals surface area contributed by atoms with Gasteiger partial charge in [0.15, 0.2) is 0 Å². The Labute approximate surface area is 153 Å². The molecule has 0 amide bonds. The highest BCUT2D eigenvalue weighted by atomic mass is 15.3. The lowest BCUT2D eigenvalue weighted by Crippen LogP contribution is -2.51. The number of piperazine rings is 1. The van der Waals surface area contributed by atoms with E-state index in [0.717, 1.165) is 55.2 Å². The van der Waals surface area contributed by atoms with E-state index >= 15 is 0 Å². The Morgan fingerprint density at radius 2 is 2.12 bits per heavy atom. The molecular weight excluding hydrogens is 324 g/mol. The molecule has 0 bridgehead atoms. The van der Waals surface area contributed by atoms with E-state index < -0.39 is 0 Å². The van der Waals surface area contributed by atoms with E-state index in [1.807, 2.05) is 43.8 Å². The first-order valence-electron chi connectivity index (χ1n) is 9.07. The molecule has 0 saturated carbocycles. The first-order valence-corrected chi connectivity index (χ1v) is 9.07. The van der Waals surface area contributed by atoms with Crippen LogP contribution in [0.15, 0.2) is 43.0 Å². The molecule has 1 atom stereocenters. The van der Waals surface area contributed by atoms with Crippen LogP contribution in [0, 0.1) is 11.3 Å². The summed E-state index contributed by atoms with van der Waals surface area (Å²) in [5.74, 6) is 1.11. The fraction of sp³-hybridized carbons (Fsp3) is 0.400. The Balaban J connectivity index is 1.45. The number of hydrogen-bond acceptors (Lipinski definition) is 4. The average Bonchev–Trinajstić information content (AvgIpc) is 3.20. The number of hydrogen-bond donors (Lipinski definition) is 0. The second-order valence-electron chi connectivity index (χ2n) is 7.14. The highest BCUT2D eigenvalue weighted by Gasteiger charge is 2.25. The summed E-state index contributed by atoms with van der Waals surface area (Å²) in [7, 11) is 2.05. The second-order valence-corrected chi connectivity index (χ2v) is 7.14. The van der Waals surface area contributed by atoms with Crippen molar-refractivity contribution in [1.29, 1.82) is 5.26 Å². The van der Waals surface area contributed by atoms with Crippen molar-refractivity contribution in [1.82, 2.24) is 23.8 Å². The fourth-order valence-corrected chi connectivity index (χ4v) is 3.85. The number of aryl methyl sites for hydroxylation is 1. The van der Waals surface area contributed by atoms with Crippen LogP contribution in [0.5, 0.6) is 0 Å². The van der Waals surface area contributed by atoms with Gasteiger partial charge in [0.25, 0.3) is 0 Å². The van der Waals surface area contributed by atoms with Crippen molar-refractivity contribution in [3.63, 3.8) is 0 Å². The van der Waals surface area contributed by atoms with Crippen LogP contribution in [0.2, 0.25) is 0 Å². The largest absolute Gasteiger partial charge is 0.337 e. The average molecular weight is 348 g/mol. The van der Waals surface area contributed by atoms with E-state index in [1.165, 1.54) is 0 Å². The molecule has 3 aromatic heterocycles. The molecule has 0 radical (unpaired) electrons. The smallest absolute Gasteiger partial charge is 0.122 e. The van der Waals surface area contributed by atoms with Crippen molar-refractivity contribution >= 4 is 5.52 Å². The highest BCUT2D eigenvalue weighted by Crippen LogP contribution is 2.21. The zero-order valence-electron chi connectivity index (χ0n) is 15.3. The normalized spacial score (nSPS) is 19.0. The minimum atomic E-state index is 0.461. The third kappa shape index (κ3) is 3.12. The Morgan fingerprint density at radius 1 is 1.23 bits per heavy atom. The van der Waals surface area contributed by atoms with Crippen molar-refractivity contribution in [3.8, 4) is 6.07 Å². The van der Waals surface area contributed by atoms with Crippen LogP contribution < -0.4 is 0 Å². The van der Waals surface area contributed by atoms with Crippen molar-refractivity contribution in [2.75, 3.05) is 19.6 Å². The monoisotopic (exact) mass is 348 g/mol. The minimum absolute atomic E-state index is 0.461. The van der Waals surface area contributed by atoms with Crippen LogP contribution in [0.1, 0.15) is 23.9 Å². The quantitative estimate of drug-likeness (QED) is 0.726. The van der Waals surface area contributed by atoms with Gasteiger partial charge in [0.1, 0.15) is 11.9 Å². The molecule has 1 saturated heterocycles. The molecule has 1 fully saturated rings. The molecule has 134 valence electrons. The summed E-state index contributed by atoms with van der Waals surface area (Å²) in [5.41, 5.74) is 2.91. The van der Waals surface area contributed by atoms with Gasteiger partial charge in [-0.05, 0) is 19.1 Å². The van der Waals surface area contributed by atoms with Crippen molar-refractivity contribution in [3.05, 3.63) is 59.9 Å². The molecule has 0 spiro atoms. The third-order valence-corrected chi connectivity index (χ3v) is 5.38. The van der Waals surface area contributed by atoms with E-state index in [4.69, 9.17) is 0 Å². The van der Waals surface area contributed by atoms with Crippen molar-refractivity contribution in [2.45, 2.75) is 26.1 Å². The first kappa shape index (κ1) is 16.8.